The lowest BCUT2D eigenvalue weighted by Gasteiger charge is -2.03. The van der Waals surface area contributed by atoms with Gasteiger partial charge in [-0.2, -0.15) is 0 Å². The quantitative estimate of drug-likeness (QED) is 0.347. The minimum absolute atomic E-state index is 0.130. The molecule has 0 unspecified atom stereocenters. The molecule has 0 saturated heterocycles. The number of ether oxygens (including phenoxy) is 1. The molecule has 0 atom stereocenters. The fraction of sp³-hybridized carbons (Fsp3) is 0.167. The van der Waals surface area contributed by atoms with E-state index in [-0.39, 0.29) is 6.42 Å². The third-order valence-corrected chi connectivity index (χ3v) is 1.86. The molecule has 0 radical (unpaired) electrons. The van der Waals surface area contributed by atoms with Crippen LogP contribution in [0.5, 0.6) is 0 Å². The molecule has 82 valence electrons. The molecule has 4 nitrogen and oxygen atoms in total. The number of rotatable bonds is 2. The van der Waals surface area contributed by atoms with E-state index in [1.807, 2.05) is 0 Å². The molecule has 0 heterocycles. The van der Waals surface area contributed by atoms with E-state index in [0.717, 1.165) is 0 Å². The number of benzene rings is 1. The number of anilines is 1. The SMILES string of the molecule is COC(=O)c1cc(N)ccc1C#CCC=O. The van der Waals surface area contributed by atoms with Crippen LogP contribution in [-0.4, -0.2) is 19.4 Å². The third kappa shape index (κ3) is 2.85. The number of aldehydes is 1. The second-order valence-corrected chi connectivity index (χ2v) is 2.97. The number of methoxy groups -OCH3 is 1. The maximum atomic E-state index is 11.4. The lowest BCUT2D eigenvalue weighted by molar-refractivity contribution is -0.107. The second-order valence-electron chi connectivity index (χ2n) is 2.97. The Labute approximate surface area is 93.4 Å². The van der Waals surface area contributed by atoms with Crippen molar-refractivity contribution in [2.75, 3.05) is 12.8 Å². The van der Waals surface area contributed by atoms with Crippen LogP contribution in [0.4, 0.5) is 5.69 Å². The van der Waals surface area contributed by atoms with Gasteiger partial charge in [-0.05, 0) is 18.2 Å². The first-order chi connectivity index (χ1) is 7.69. The maximum Gasteiger partial charge on any atom is 0.339 e. The van der Waals surface area contributed by atoms with Crippen LogP contribution in [0, 0.1) is 11.8 Å². The fourth-order valence-electron chi connectivity index (χ4n) is 1.14. The molecule has 1 aromatic rings. The van der Waals surface area contributed by atoms with E-state index in [1.165, 1.54) is 13.2 Å². The molecular weight excluding hydrogens is 206 g/mol. The third-order valence-electron chi connectivity index (χ3n) is 1.86. The van der Waals surface area contributed by atoms with Crippen molar-refractivity contribution < 1.29 is 14.3 Å². The summed E-state index contributed by atoms with van der Waals surface area (Å²) >= 11 is 0. The van der Waals surface area contributed by atoms with Gasteiger partial charge in [0, 0.05) is 11.3 Å². The highest BCUT2D eigenvalue weighted by Crippen LogP contribution is 2.13. The number of carbonyl (C=O) groups is 2. The normalized spacial score (nSPS) is 8.81. The Kier molecular flexibility index (Phi) is 4.10. The number of hydrogen-bond donors (Lipinski definition) is 1. The zero-order valence-electron chi connectivity index (χ0n) is 8.82. The van der Waals surface area contributed by atoms with Gasteiger partial charge in [0.25, 0.3) is 0 Å². The van der Waals surface area contributed by atoms with E-state index in [0.29, 0.717) is 23.1 Å². The molecule has 0 aromatic heterocycles. The summed E-state index contributed by atoms with van der Waals surface area (Å²) in [7, 11) is 1.29. The fourth-order valence-corrected chi connectivity index (χ4v) is 1.14. The molecule has 2 N–H and O–H groups in total. The molecule has 0 bridgehead atoms. The van der Waals surface area contributed by atoms with Gasteiger partial charge in [0.15, 0.2) is 0 Å². The molecule has 0 aliphatic heterocycles. The van der Waals surface area contributed by atoms with Crippen LogP contribution in [0.25, 0.3) is 0 Å². The number of hydrogen-bond acceptors (Lipinski definition) is 4. The van der Waals surface area contributed by atoms with E-state index in [9.17, 15) is 9.59 Å². The van der Waals surface area contributed by atoms with Gasteiger partial charge < -0.3 is 15.3 Å². The van der Waals surface area contributed by atoms with Crippen molar-refractivity contribution in [2.24, 2.45) is 0 Å². The van der Waals surface area contributed by atoms with Gasteiger partial charge in [0.1, 0.15) is 6.29 Å². The summed E-state index contributed by atoms with van der Waals surface area (Å²) in [6.07, 6.45) is 0.826. The van der Waals surface area contributed by atoms with E-state index < -0.39 is 5.97 Å². The van der Waals surface area contributed by atoms with Gasteiger partial charge in [0.05, 0.1) is 19.1 Å². The standard InChI is InChI=1S/C12H11NO3/c1-16-12(15)11-8-10(13)6-5-9(11)4-2-3-7-14/h5-8H,3,13H2,1H3. The predicted molar refractivity (Wildman–Crippen MR) is 59.8 cm³/mol. The van der Waals surface area contributed by atoms with Gasteiger partial charge in [-0.25, -0.2) is 4.79 Å². The van der Waals surface area contributed by atoms with E-state index in [4.69, 9.17) is 5.73 Å². The number of nitrogen functional groups attached to an aromatic ring is 1. The minimum Gasteiger partial charge on any atom is -0.465 e. The van der Waals surface area contributed by atoms with Crippen LogP contribution >= 0.6 is 0 Å². The number of carbonyl (C=O) groups excluding carboxylic acids is 2. The first-order valence-corrected chi connectivity index (χ1v) is 4.59. The Morgan fingerprint density at radius 3 is 2.94 bits per heavy atom. The summed E-state index contributed by atoms with van der Waals surface area (Å²) < 4.78 is 4.61. The molecule has 1 rings (SSSR count). The Morgan fingerprint density at radius 2 is 2.31 bits per heavy atom. The van der Waals surface area contributed by atoms with Crippen molar-refractivity contribution >= 4 is 17.9 Å². The molecule has 4 heteroatoms. The largest absolute Gasteiger partial charge is 0.465 e. The monoisotopic (exact) mass is 217 g/mol. The average Bonchev–Trinajstić information content (AvgIpc) is 2.30. The van der Waals surface area contributed by atoms with Crippen LogP contribution in [0.3, 0.4) is 0 Å². The molecule has 1 aromatic carbocycles. The molecule has 0 amide bonds. The van der Waals surface area contributed by atoms with Crippen molar-refractivity contribution in [3.05, 3.63) is 29.3 Å². The van der Waals surface area contributed by atoms with Crippen LogP contribution in [0.15, 0.2) is 18.2 Å². The van der Waals surface area contributed by atoms with Crippen LogP contribution in [-0.2, 0) is 9.53 Å². The second kappa shape index (κ2) is 5.56. The molecule has 0 saturated carbocycles. The highest BCUT2D eigenvalue weighted by molar-refractivity contribution is 5.93. The maximum absolute atomic E-state index is 11.4. The van der Waals surface area contributed by atoms with Crippen LogP contribution in [0.2, 0.25) is 0 Å². The number of nitrogens with two attached hydrogens (primary N) is 1. The van der Waals surface area contributed by atoms with Crippen molar-refractivity contribution in [2.45, 2.75) is 6.42 Å². The minimum atomic E-state index is -0.497. The Hall–Kier alpha value is -2.28. The van der Waals surface area contributed by atoms with E-state index in [2.05, 4.69) is 16.6 Å². The van der Waals surface area contributed by atoms with E-state index >= 15 is 0 Å². The first kappa shape index (κ1) is 11.8. The van der Waals surface area contributed by atoms with Gasteiger partial charge in [-0.1, -0.05) is 11.8 Å². The van der Waals surface area contributed by atoms with Crippen molar-refractivity contribution in [1.82, 2.24) is 0 Å². The molecule has 0 aliphatic carbocycles. The zero-order valence-corrected chi connectivity index (χ0v) is 8.82. The van der Waals surface area contributed by atoms with Crippen molar-refractivity contribution in [3.8, 4) is 11.8 Å². The van der Waals surface area contributed by atoms with Gasteiger partial charge >= 0.3 is 5.97 Å². The summed E-state index contributed by atoms with van der Waals surface area (Å²) in [5.74, 6) is 4.85. The van der Waals surface area contributed by atoms with Crippen LogP contribution < -0.4 is 5.73 Å². The Morgan fingerprint density at radius 1 is 1.56 bits per heavy atom. The Balaban J connectivity index is 3.13. The Bertz CT molecular complexity index is 469. The molecule has 0 aliphatic rings. The predicted octanol–water partition coefficient (Wildman–Crippen LogP) is 0.996. The van der Waals surface area contributed by atoms with Gasteiger partial charge in [0.2, 0.25) is 0 Å². The molecule has 0 fully saturated rings. The van der Waals surface area contributed by atoms with Gasteiger partial charge in [-0.3, -0.25) is 0 Å². The topological polar surface area (TPSA) is 69.4 Å². The summed E-state index contributed by atoms with van der Waals surface area (Å²) in [4.78, 5) is 21.5. The molecular formula is C12H11NO3. The lowest BCUT2D eigenvalue weighted by atomic mass is 10.1. The number of esters is 1. The van der Waals surface area contributed by atoms with Gasteiger partial charge in [-0.15, -0.1) is 0 Å². The molecule has 16 heavy (non-hydrogen) atoms. The van der Waals surface area contributed by atoms with E-state index in [1.54, 1.807) is 12.1 Å². The lowest BCUT2D eigenvalue weighted by Crippen LogP contribution is -2.05. The average molecular weight is 217 g/mol. The van der Waals surface area contributed by atoms with Crippen LogP contribution in [0.1, 0.15) is 22.3 Å². The smallest absolute Gasteiger partial charge is 0.339 e. The highest BCUT2D eigenvalue weighted by atomic mass is 16.5. The summed E-state index contributed by atoms with van der Waals surface area (Å²) in [5, 5.41) is 0. The molecule has 0 spiro atoms. The zero-order chi connectivity index (χ0) is 12.0. The highest BCUT2D eigenvalue weighted by Gasteiger charge is 2.10. The van der Waals surface area contributed by atoms with Crippen molar-refractivity contribution in [3.63, 3.8) is 0 Å². The summed E-state index contributed by atoms with van der Waals surface area (Å²) in [6, 6.07) is 4.76. The first-order valence-electron chi connectivity index (χ1n) is 4.59. The van der Waals surface area contributed by atoms with Crippen molar-refractivity contribution in [1.29, 1.82) is 0 Å². The summed E-state index contributed by atoms with van der Waals surface area (Å²) in [6.45, 7) is 0. The summed E-state index contributed by atoms with van der Waals surface area (Å²) in [5.41, 5.74) is 6.83.